The average molecular weight is 321 g/mol. The molecule has 1 N–H and O–H groups in total. The fourth-order valence-electron chi connectivity index (χ4n) is 3.28. The molecular weight excluding hydrogens is 298 g/mol. The number of carbonyl (C=O) groups excluding carboxylic acids is 2. The second kappa shape index (κ2) is 7.00. The van der Waals surface area contributed by atoms with Gasteiger partial charge >= 0.3 is 0 Å². The molecule has 0 bridgehead atoms. The number of rotatable bonds is 5. The lowest BCUT2D eigenvalue weighted by Crippen LogP contribution is -2.14. The first-order valence-electron chi connectivity index (χ1n) is 8.55. The molecule has 1 aliphatic carbocycles. The van der Waals surface area contributed by atoms with E-state index in [9.17, 15) is 9.59 Å². The lowest BCUT2D eigenvalue weighted by molar-refractivity contribution is -0.116. The molecule has 3 nitrogen and oxygen atoms in total. The maximum atomic E-state index is 12.3. The van der Waals surface area contributed by atoms with Crippen LogP contribution < -0.4 is 5.32 Å². The van der Waals surface area contributed by atoms with Gasteiger partial charge in [-0.2, -0.15) is 0 Å². The largest absolute Gasteiger partial charge is 0.326 e. The van der Waals surface area contributed by atoms with Gasteiger partial charge < -0.3 is 5.32 Å². The highest BCUT2D eigenvalue weighted by atomic mass is 16.2. The Labute approximate surface area is 143 Å². The Balaban J connectivity index is 1.57. The van der Waals surface area contributed by atoms with Gasteiger partial charge in [0.15, 0.2) is 5.78 Å². The summed E-state index contributed by atoms with van der Waals surface area (Å²) < 4.78 is 0. The van der Waals surface area contributed by atoms with Crippen molar-refractivity contribution in [3.8, 4) is 0 Å². The van der Waals surface area contributed by atoms with Crippen molar-refractivity contribution in [2.75, 3.05) is 5.32 Å². The van der Waals surface area contributed by atoms with Crippen molar-refractivity contribution < 1.29 is 9.59 Å². The Morgan fingerprint density at radius 3 is 2.54 bits per heavy atom. The molecule has 0 spiro atoms. The summed E-state index contributed by atoms with van der Waals surface area (Å²) >= 11 is 0. The van der Waals surface area contributed by atoms with Crippen LogP contribution in [0.2, 0.25) is 0 Å². The molecule has 0 aromatic heterocycles. The first-order chi connectivity index (χ1) is 11.5. The first kappa shape index (κ1) is 16.4. The summed E-state index contributed by atoms with van der Waals surface area (Å²) in [5, 5.41) is 2.89. The summed E-state index contributed by atoms with van der Waals surface area (Å²) in [6.45, 7) is 3.99. The summed E-state index contributed by atoms with van der Waals surface area (Å²) in [6.07, 6.45) is 3.80. The second-order valence-electron chi connectivity index (χ2n) is 6.63. The number of fused-ring (bicyclic) bond motifs is 1. The van der Waals surface area contributed by atoms with Gasteiger partial charge in [0.05, 0.1) is 0 Å². The third kappa shape index (κ3) is 3.73. The van der Waals surface area contributed by atoms with Gasteiger partial charge in [-0.15, -0.1) is 0 Å². The number of hydrogen-bond donors (Lipinski definition) is 1. The minimum absolute atomic E-state index is 0.0421. The van der Waals surface area contributed by atoms with Crippen LogP contribution in [0.4, 0.5) is 5.69 Å². The van der Waals surface area contributed by atoms with Gasteiger partial charge in [0, 0.05) is 24.1 Å². The molecule has 3 rings (SSSR count). The number of benzene rings is 2. The van der Waals surface area contributed by atoms with Crippen LogP contribution in [0.25, 0.3) is 0 Å². The summed E-state index contributed by atoms with van der Waals surface area (Å²) in [5.74, 6) is -0.0723. The van der Waals surface area contributed by atoms with Gasteiger partial charge in [-0.3, -0.25) is 9.59 Å². The van der Waals surface area contributed by atoms with Gasteiger partial charge in [-0.1, -0.05) is 29.8 Å². The fourth-order valence-corrected chi connectivity index (χ4v) is 3.28. The van der Waals surface area contributed by atoms with E-state index >= 15 is 0 Å². The molecule has 0 saturated heterocycles. The van der Waals surface area contributed by atoms with Crippen molar-refractivity contribution in [3.63, 3.8) is 0 Å². The Hall–Kier alpha value is -2.42. The Morgan fingerprint density at radius 2 is 1.75 bits per heavy atom. The van der Waals surface area contributed by atoms with Crippen LogP contribution in [0, 0.1) is 13.8 Å². The van der Waals surface area contributed by atoms with Gasteiger partial charge in [0.25, 0.3) is 0 Å². The molecule has 0 saturated carbocycles. The van der Waals surface area contributed by atoms with Crippen molar-refractivity contribution in [2.45, 2.75) is 46.0 Å². The molecule has 0 radical (unpaired) electrons. The highest BCUT2D eigenvalue weighted by Crippen LogP contribution is 2.23. The van der Waals surface area contributed by atoms with Crippen molar-refractivity contribution in [1.29, 1.82) is 0 Å². The Kier molecular flexibility index (Phi) is 4.79. The minimum atomic E-state index is -0.114. The predicted octanol–water partition coefficient (Wildman–Crippen LogP) is 4.39. The summed E-state index contributed by atoms with van der Waals surface area (Å²) in [6, 6.07) is 11.9. The molecule has 24 heavy (non-hydrogen) atoms. The third-order valence-electron chi connectivity index (χ3n) is 4.66. The van der Waals surface area contributed by atoms with Crippen molar-refractivity contribution in [2.24, 2.45) is 0 Å². The van der Waals surface area contributed by atoms with Crippen LogP contribution in [0.5, 0.6) is 0 Å². The van der Waals surface area contributed by atoms with Crippen LogP contribution in [0.1, 0.15) is 51.9 Å². The highest BCUT2D eigenvalue weighted by Gasteiger charge is 2.15. The van der Waals surface area contributed by atoms with Gasteiger partial charge in [0.2, 0.25) is 5.91 Å². The monoisotopic (exact) mass is 321 g/mol. The smallest absolute Gasteiger partial charge is 0.224 e. The molecule has 0 fully saturated rings. The zero-order valence-corrected chi connectivity index (χ0v) is 14.3. The zero-order chi connectivity index (χ0) is 17.1. The van der Waals surface area contributed by atoms with E-state index in [4.69, 9.17) is 0 Å². The number of anilines is 1. The topological polar surface area (TPSA) is 46.2 Å². The van der Waals surface area contributed by atoms with E-state index in [1.54, 1.807) is 0 Å². The normalized spacial score (nSPS) is 12.8. The van der Waals surface area contributed by atoms with Gasteiger partial charge in [-0.25, -0.2) is 0 Å². The molecule has 1 aliphatic rings. The molecule has 0 atom stereocenters. The lowest BCUT2D eigenvalue weighted by atomic mass is 10.0. The number of Topliss-reactive ketones (excluding diaryl/α,β-unsaturated/α-hetero) is 1. The minimum Gasteiger partial charge on any atom is -0.326 e. The quantitative estimate of drug-likeness (QED) is 0.830. The molecule has 0 unspecified atom stereocenters. The van der Waals surface area contributed by atoms with Crippen LogP contribution in [-0.4, -0.2) is 11.7 Å². The van der Waals surface area contributed by atoms with Crippen LogP contribution in [0.3, 0.4) is 0 Å². The van der Waals surface area contributed by atoms with E-state index < -0.39 is 0 Å². The Bertz CT molecular complexity index is 792. The van der Waals surface area contributed by atoms with Crippen molar-refractivity contribution in [1.82, 2.24) is 0 Å². The second-order valence-corrected chi connectivity index (χ2v) is 6.63. The van der Waals surface area contributed by atoms with E-state index in [0.717, 1.165) is 35.2 Å². The van der Waals surface area contributed by atoms with E-state index in [0.29, 0.717) is 0 Å². The van der Waals surface area contributed by atoms with Crippen molar-refractivity contribution in [3.05, 3.63) is 64.2 Å². The molecular formula is C21H23NO2. The number of nitrogens with one attached hydrogen (secondary N) is 1. The molecule has 0 aliphatic heterocycles. The number of hydrogen-bond acceptors (Lipinski definition) is 2. The van der Waals surface area contributed by atoms with Gasteiger partial charge in [-0.05, 0) is 61.9 Å². The molecule has 124 valence electrons. The third-order valence-corrected chi connectivity index (χ3v) is 4.66. The summed E-state index contributed by atoms with van der Waals surface area (Å²) in [7, 11) is 0. The van der Waals surface area contributed by atoms with Crippen LogP contribution in [0.15, 0.2) is 36.4 Å². The van der Waals surface area contributed by atoms with Crippen LogP contribution in [-0.2, 0) is 17.6 Å². The molecule has 1 amide bonds. The summed E-state index contributed by atoms with van der Waals surface area (Å²) in [4.78, 5) is 24.4. The Morgan fingerprint density at radius 1 is 0.958 bits per heavy atom. The maximum absolute atomic E-state index is 12.3. The number of amides is 1. The zero-order valence-electron chi connectivity index (χ0n) is 14.3. The summed E-state index contributed by atoms with van der Waals surface area (Å²) in [5.41, 5.74) is 6.40. The van der Waals surface area contributed by atoms with E-state index in [-0.39, 0.29) is 24.5 Å². The molecule has 3 heteroatoms. The first-order valence-corrected chi connectivity index (χ1v) is 8.55. The maximum Gasteiger partial charge on any atom is 0.224 e. The number of ketones is 1. The van der Waals surface area contributed by atoms with E-state index in [1.165, 1.54) is 17.5 Å². The fraction of sp³-hybridized carbons (Fsp3) is 0.333. The predicted molar refractivity (Wildman–Crippen MR) is 96.6 cm³/mol. The van der Waals surface area contributed by atoms with E-state index in [2.05, 4.69) is 11.4 Å². The standard InChI is InChI=1S/C21H23NO2/c1-14-6-9-19(15(2)12-14)22-21(24)11-10-20(23)18-8-7-16-4-3-5-17(16)13-18/h6-9,12-13H,3-5,10-11H2,1-2H3,(H,22,24). The number of carbonyl (C=O) groups is 2. The molecule has 2 aromatic rings. The van der Waals surface area contributed by atoms with Crippen LogP contribution >= 0.6 is 0 Å². The molecule has 0 heterocycles. The number of aryl methyl sites for hydroxylation is 4. The lowest BCUT2D eigenvalue weighted by Gasteiger charge is -2.09. The average Bonchev–Trinajstić information content (AvgIpc) is 3.03. The highest BCUT2D eigenvalue weighted by molar-refractivity contribution is 6.00. The SMILES string of the molecule is Cc1ccc(NC(=O)CCC(=O)c2ccc3c(c2)CCC3)c(C)c1. The van der Waals surface area contributed by atoms with Crippen molar-refractivity contribution >= 4 is 17.4 Å². The van der Waals surface area contributed by atoms with Gasteiger partial charge in [0.1, 0.15) is 0 Å². The molecule has 2 aromatic carbocycles. The van der Waals surface area contributed by atoms with E-state index in [1.807, 2.05) is 44.2 Å².